The van der Waals surface area contributed by atoms with Gasteiger partial charge in [0.2, 0.25) is 0 Å². The van der Waals surface area contributed by atoms with Crippen molar-refractivity contribution in [1.29, 1.82) is 0 Å². The molecule has 0 amide bonds. The topological polar surface area (TPSA) is 24.5 Å². The summed E-state index contributed by atoms with van der Waals surface area (Å²) in [5.41, 5.74) is 1.35. The molecule has 0 aliphatic carbocycles. The maximum Gasteiger partial charge on any atom is 0.142 e. The smallest absolute Gasteiger partial charge is 0.142 e. The zero-order valence-corrected chi connectivity index (χ0v) is 13.2. The maximum absolute atomic E-state index is 5.42. The standard InChI is InChI=1S/C16H28N2O/c1-13(2)17-11-16(3,4)12-18(5)14-9-7-8-10-15(14)19-6/h7-10,13,17H,11-12H2,1-6H3. The number of para-hydroxylation sites is 2. The molecule has 0 heterocycles. The Labute approximate surface area is 118 Å². The number of ether oxygens (including phenoxy) is 1. The molecule has 1 N–H and O–H groups in total. The Hall–Kier alpha value is -1.22. The van der Waals surface area contributed by atoms with Crippen molar-refractivity contribution in [2.24, 2.45) is 5.41 Å². The van der Waals surface area contributed by atoms with Crippen molar-refractivity contribution < 1.29 is 4.74 Å². The Kier molecular flexibility index (Phi) is 5.67. The molecular formula is C16H28N2O. The summed E-state index contributed by atoms with van der Waals surface area (Å²) in [5.74, 6) is 0.928. The molecule has 0 saturated carbocycles. The van der Waals surface area contributed by atoms with Gasteiger partial charge in [0.15, 0.2) is 0 Å². The molecule has 0 radical (unpaired) electrons. The van der Waals surface area contributed by atoms with E-state index in [9.17, 15) is 0 Å². The molecule has 3 heteroatoms. The fraction of sp³-hybridized carbons (Fsp3) is 0.625. The van der Waals surface area contributed by atoms with E-state index in [2.05, 4.69) is 51.0 Å². The molecule has 0 saturated heterocycles. The number of hydrogen-bond donors (Lipinski definition) is 1. The van der Waals surface area contributed by atoms with E-state index in [1.54, 1.807) is 7.11 Å². The first-order valence-corrected chi connectivity index (χ1v) is 6.93. The highest BCUT2D eigenvalue weighted by Gasteiger charge is 2.21. The second kappa shape index (κ2) is 6.80. The SMILES string of the molecule is COc1ccccc1N(C)CC(C)(C)CNC(C)C. The van der Waals surface area contributed by atoms with Crippen molar-refractivity contribution >= 4 is 5.69 Å². The van der Waals surface area contributed by atoms with E-state index in [4.69, 9.17) is 4.74 Å². The zero-order valence-electron chi connectivity index (χ0n) is 13.2. The van der Waals surface area contributed by atoms with Crippen LogP contribution >= 0.6 is 0 Å². The second-order valence-corrected chi connectivity index (χ2v) is 6.23. The van der Waals surface area contributed by atoms with E-state index in [-0.39, 0.29) is 5.41 Å². The average molecular weight is 264 g/mol. The Morgan fingerprint density at radius 2 is 1.89 bits per heavy atom. The molecule has 1 aromatic rings. The molecule has 0 spiro atoms. The molecule has 0 bridgehead atoms. The number of benzene rings is 1. The highest BCUT2D eigenvalue weighted by molar-refractivity contribution is 5.57. The third kappa shape index (κ3) is 5.11. The van der Waals surface area contributed by atoms with E-state index < -0.39 is 0 Å². The fourth-order valence-electron chi connectivity index (χ4n) is 2.21. The lowest BCUT2D eigenvalue weighted by Gasteiger charge is -2.33. The lowest BCUT2D eigenvalue weighted by atomic mass is 9.92. The van der Waals surface area contributed by atoms with Gasteiger partial charge in [-0.25, -0.2) is 0 Å². The fourth-order valence-corrected chi connectivity index (χ4v) is 2.21. The van der Waals surface area contributed by atoms with Crippen LogP contribution in [0.15, 0.2) is 24.3 Å². The summed E-state index contributed by atoms with van der Waals surface area (Å²) in [5, 5.41) is 3.51. The summed E-state index contributed by atoms with van der Waals surface area (Å²) in [4.78, 5) is 2.26. The highest BCUT2D eigenvalue weighted by Crippen LogP contribution is 2.29. The first-order valence-electron chi connectivity index (χ1n) is 6.93. The Morgan fingerprint density at radius 1 is 1.26 bits per heavy atom. The van der Waals surface area contributed by atoms with Gasteiger partial charge in [0, 0.05) is 26.2 Å². The number of anilines is 1. The van der Waals surface area contributed by atoms with Crippen LogP contribution in [0.3, 0.4) is 0 Å². The third-order valence-electron chi connectivity index (χ3n) is 3.15. The number of rotatable bonds is 7. The average Bonchev–Trinajstić information content (AvgIpc) is 2.36. The first kappa shape index (κ1) is 15.8. The maximum atomic E-state index is 5.42. The van der Waals surface area contributed by atoms with Crippen molar-refractivity contribution in [1.82, 2.24) is 5.32 Å². The van der Waals surface area contributed by atoms with Crippen LogP contribution in [-0.2, 0) is 0 Å². The van der Waals surface area contributed by atoms with Crippen molar-refractivity contribution in [3.8, 4) is 5.75 Å². The van der Waals surface area contributed by atoms with Crippen LogP contribution in [0.2, 0.25) is 0 Å². The van der Waals surface area contributed by atoms with Gasteiger partial charge in [0.05, 0.1) is 12.8 Å². The van der Waals surface area contributed by atoms with E-state index >= 15 is 0 Å². The minimum Gasteiger partial charge on any atom is -0.495 e. The molecule has 1 rings (SSSR count). The van der Waals surface area contributed by atoms with Gasteiger partial charge in [0.25, 0.3) is 0 Å². The van der Waals surface area contributed by atoms with Crippen LogP contribution in [0.25, 0.3) is 0 Å². The number of hydrogen-bond acceptors (Lipinski definition) is 3. The Bertz CT molecular complexity index is 388. The van der Waals surface area contributed by atoms with E-state index in [0.717, 1.165) is 24.5 Å². The minimum atomic E-state index is 0.208. The molecule has 0 aromatic heterocycles. The lowest BCUT2D eigenvalue weighted by Crippen LogP contribution is -2.41. The van der Waals surface area contributed by atoms with Crippen LogP contribution in [0.1, 0.15) is 27.7 Å². The summed E-state index contributed by atoms with van der Waals surface area (Å²) in [7, 11) is 3.84. The molecule has 3 nitrogen and oxygen atoms in total. The van der Waals surface area contributed by atoms with Gasteiger partial charge in [-0.15, -0.1) is 0 Å². The summed E-state index contributed by atoms with van der Waals surface area (Å²) < 4.78 is 5.42. The summed E-state index contributed by atoms with van der Waals surface area (Å²) >= 11 is 0. The number of nitrogens with zero attached hydrogens (tertiary/aromatic N) is 1. The quantitative estimate of drug-likeness (QED) is 0.818. The molecule has 108 valence electrons. The first-order chi connectivity index (χ1) is 8.85. The number of methoxy groups -OCH3 is 1. The molecular weight excluding hydrogens is 236 g/mol. The Balaban J connectivity index is 2.70. The monoisotopic (exact) mass is 264 g/mol. The van der Waals surface area contributed by atoms with Crippen molar-refractivity contribution in [2.45, 2.75) is 33.7 Å². The number of nitrogens with one attached hydrogen (secondary N) is 1. The summed E-state index contributed by atoms with van der Waals surface area (Å²) in [6.45, 7) is 10.9. The largest absolute Gasteiger partial charge is 0.495 e. The molecule has 19 heavy (non-hydrogen) atoms. The zero-order chi connectivity index (χ0) is 14.5. The summed E-state index contributed by atoms with van der Waals surface area (Å²) in [6.07, 6.45) is 0. The molecule has 0 fully saturated rings. The van der Waals surface area contributed by atoms with E-state index in [1.807, 2.05) is 18.2 Å². The molecule has 0 aliphatic rings. The summed E-state index contributed by atoms with van der Waals surface area (Å²) in [6, 6.07) is 8.68. The molecule has 1 aromatic carbocycles. The van der Waals surface area contributed by atoms with Crippen molar-refractivity contribution in [3.63, 3.8) is 0 Å². The van der Waals surface area contributed by atoms with E-state index in [0.29, 0.717) is 6.04 Å². The van der Waals surface area contributed by atoms with Crippen molar-refractivity contribution in [2.75, 3.05) is 32.1 Å². The predicted molar refractivity (Wildman–Crippen MR) is 83.2 cm³/mol. The van der Waals surface area contributed by atoms with Gasteiger partial charge in [-0.3, -0.25) is 0 Å². The normalized spacial score (nSPS) is 11.7. The van der Waals surface area contributed by atoms with Crippen LogP contribution < -0.4 is 15.0 Å². The third-order valence-corrected chi connectivity index (χ3v) is 3.15. The Morgan fingerprint density at radius 3 is 2.47 bits per heavy atom. The second-order valence-electron chi connectivity index (χ2n) is 6.23. The molecule has 0 unspecified atom stereocenters. The van der Waals surface area contributed by atoms with Crippen LogP contribution in [0.5, 0.6) is 5.75 Å². The highest BCUT2D eigenvalue weighted by atomic mass is 16.5. The van der Waals surface area contributed by atoms with Crippen LogP contribution in [-0.4, -0.2) is 33.3 Å². The van der Waals surface area contributed by atoms with Gasteiger partial charge >= 0.3 is 0 Å². The molecule has 0 atom stereocenters. The van der Waals surface area contributed by atoms with Crippen LogP contribution in [0.4, 0.5) is 5.69 Å². The predicted octanol–water partition coefficient (Wildman–Crippen LogP) is 3.16. The van der Waals surface area contributed by atoms with Gasteiger partial charge in [-0.1, -0.05) is 39.8 Å². The molecule has 0 aliphatic heterocycles. The van der Waals surface area contributed by atoms with Crippen molar-refractivity contribution in [3.05, 3.63) is 24.3 Å². The van der Waals surface area contributed by atoms with Gasteiger partial charge in [0.1, 0.15) is 5.75 Å². The van der Waals surface area contributed by atoms with Crippen LogP contribution in [0, 0.1) is 5.41 Å². The lowest BCUT2D eigenvalue weighted by molar-refractivity contribution is 0.332. The minimum absolute atomic E-state index is 0.208. The van der Waals surface area contributed by atoms with Gasteiger partial charge in [-0.05, 0) is 17.5 Å². The van der Waals surface area contributed by atoms with Gasteiger partial charge in [-0.2, -0.15) is 0 Å². The van der Waals surface area contributed by atoms with Gasteiger partial charge < -0.3 is 15.0 Å². The van der Waals surface area contributed by atoms with E-state index in [1.165, 1.54) is 0 Å².